The van der Waals surface area contributed by atoms with Crippen LogP contribution in [0.5, 0.6) is 5.75 Å². The minimum absolute atomic E-state index is 0.00688. The van der Waals surface area contributed by atoms with Crippen LogP contribution >= 0.6 is 23.2 Å². The Balaban J connectivity index is 1.70. The van der Waals surface area contributed by atoms with Crippen molar-refractivity contribution in [1.29, 1.82) is 0 Å². The summed E-state index contributed by atoms with van der Waals surface area (Å²) >= 11 is 12.3. The lowest BCUT2D eigenvalue weighted by molar-refractivity contribution is 0.340. The first-order valence-electron chi connectivity index (χ1n) is 8.71. The Labute approximate surface area is 167 Å². The maximum atomic E-state index is 6.21. The first kappa shape index (κ1) is 17.9. The molecule has 4 rings (SSSR count). The Bertz CT molecular complexity index is 957. The smallest absolute Gasteiger partial charge is 0.241 e. The van der Waals surface area contributed by atoms with Crippen LogP contribution in [-0.4, -0.2) is 21.4 Å². The second kappa shape index (κ2) is 7.29. The molecule has 0 saturated carbocycles. The number of ether oxygens (including phenoxy) is 1. The molecule has 0 radical (unpaired) electrons. The lowest BCUT2D eigenvalue weighted by Gasteiger charge is -2.32. The highest BCUT2D eigenvalue weighted by molar-refractivity contribution is 6.42. The fourth-order valence-corrected chi connectivity index (χ4v) is 3.68. The summed E-state index contributed by atoms with van der Waals surface area (Å²) in [5, 5.41) is 8.83. The normalized spacial score (nSPS) is 18.6. The van der Waals surface area contributed by atoms with E-state index in [2.05, 4.69) is 27.5 Å². The Kier molecular flexibility index (Phi) is 4.85. The van der Waals surface area contributed by atoms with Crippen molar-refractivity contribution in [3.63, 3.8) is 0 Å². The first-order chi connectivity index (χ1) is 13.0. The van der Waals surface area contributed by atoms with Gasteiger partial charge in [0.25, 0.3) is 0 Å². The van der Waals surface area contributed by atoms with Gasteiger partial charge in [0.1, 0.15) is 5.75 Å². The first-order valence-corrected chi connectivity index (χ1v) is 9.47. The SMILES string of the molecule is CCOc1ccc([C@@H]2C[C@H](c3ccc(Cl)c(Cl)c3)Nc3nc(N)nn32)cc1. The van der Waals surface area contributed by atoms with E-state index >= 15 is 0 Å². The maximum Gasteiger partial charge on any atom is 0.241 e. The summed E-state index contributed by atoms with van der Waals surface area (Å²) < 4.78 is 7.37. The molecule has 0 aliphatic carbocycles. The molecular weight excluding hydrogens is 385 g/mol. The van der Waals surface area contributed by atoms with Gasteiger partial charge in [-0.15, -0.1) is 5.10 Å². The van der Waals surface area contributed by atoms with Gasteiger partial charge in [0, 0.05) is 0 Å². The number of rotatable bonds is 4. The van der Waals surface area contributed by atoms with Crippen LogP contribution in [0.25, 0.3) is 0 Å². The summed E-state index contributed by atoms with van der Waals surface area (Å²) in [5.41, 5.74) is 7.99. The highest BCUT2D eigenvalue weighted by Gasteiger charge is 2.31. The number of aromatic nitrogens is 3. The number of hydrogen-bond donors (Lipinski definition) is 2. The van der Waals surface area contributed by atoms with Crippen molar-refractivity contribution in [3.8, 4) is 5.75 Å². The van der Waals surface area contributed by atoms with Crippen molar-refractivity contribution < 1.29 is 4.74 Å². The average Bonchev–Trinajstić information content (AvgIpc) is 3.04. The molecule has 2 heterocycles. The summed E-state index contributed by atoms with van der Waals surface area (Å²) in [6, 6.07) is 13.7. The molecule has 3 N–H and O–H groups in total. The molecule has 0 saturated heterocycles. The van der Waals surface area contributed by atoms with Crippen molar-refractivity contribution in [3.05, 3.63) is 63.6 Å². The van der Waals surface area contributed by atoms with Gasteiger partial charge in [-0.2, -0.15) is 4.98 Å². The monoisotopic (exact) mass is 403 g/mol. The fourth-order valence-electron chi connectivity index (χ4n) is 3.37. The molecule has 6 nitrogen and oxygen atoms in total. The lowest BCUT2D eigenvalue weighted by atomic mass is 9.93. The topological polar surface area (TPSA) is 78.0 Å². The second-order valence-electron chi connectivity index (χ2n) is 6.36. The summed E-state index contributed by atoms with van der Waals surface area (Å²) in [6.07, 6.45) is 0.766. The third-order valence-electron chi connectivity index (χ3n) is 4.63. The fraction of sp³-hybridized carbons (Fsp3) is 0.263. The number of nitrogens with two attached hydrogens (primary N) is 1. The van der Waals surface area contributed by atoms with E-state index in [4.69, 9.17) is 33.7 Å². The molecule has 0 fully saturated rings. The molecule has 27 heavy (non-hydrogen) atoms. The van der Waals surface area contributed by atoms with E-state index in [1.54, 1.807) is 6.07 Å². The van der Waals surface area contributed by atoms with Crippen LogP contribution in [0.3, 0.4) is 0 Å². The molecule has 2 atom stereocenters. The highest BCUT2D eigenvalue weighted by Crippen LogP contribution is 2.39. The van der Waals surface area contributed by atoms with Gasteiger partial charge in [-0.05, 0) is 48.7 Å². The average molecular weight is 404 g/mol. The number of nitrogens with zero attached hydrogens (tertiary/aromatic N) is 3. The summed E-state index contributed by atoms with van der Waals surface area (Å²) in [6.45, 7) is 2.60. The number of anilines is 2. The zero-order chi connectivity index (χ0) is 19.0. The molecule has 8 heteroatoms. The van der Waals surface area contributed by atoms with Crippen LogP contribution < -0.4 is 15.8 Å². The minimum Gasteiger partial charge on any atom is -0.494 e. The summed E-state index contributed by atoms with van der Waals surface area (Å²) in [4.78, 5) is 4.32. The quantitative estimate of drug-likeness (QED) is 0.659. The van der Waals surface area contributed by atoms with Crippen molar-refractivity contribution in [2.75, 3.05) is 17.7 Å². The summed E-state index contributed by atoms with van der Waals surface area (Å²) in [7, 11) is 0. The predicted molar refractivity (Wildman–Crippen MR) is 108 cm³/mol. The molecular formula is C19H19Cl2N5O. The molecule has 0 bridgehead atoms. The maximum absolute atomic E-state index is 6.21. The molecule has 0 amide bonds. The minimum atomic E-state index is -0.0128. The zero-order valence-corrected chi connectivity index (χ0v) is 16.2. The van der Waals surface area contributed by atoms with Crippen LogP contribution in [0, 0.1) is 0 Å². The van der Waals surface area contributed by atoms with Gasteiger partial charge in [-0.3, -0.25) is 0 Å². The number of nitrogens with one attached hydrogen (secondary N) is 1. The largest absolute Gasteiger partial charge is 0.494 e. The Morgan fingerprint density at radius 1 is 1.15 bits per heavy atom. The number of nitrogen functional groups attached to an aromatic ring is 1. The van der Waals surface area contributed by atoms with Gasteiger partial charge >= 0.3 is 0 Å². The molecule has 0 unspecified atom stereocenters. The van der Waals surface area contributed by atoms with Crippen LogP contribution in [0.1, 0.15) is 36.6 Å². The van der Waals surface area contributed by atoms with Gasteiger partial charge in [0.2, 0.25) is 11.9 Å². The zero-order valence-electron chi connectivity index (χ0n) is 14.7. The van der Waals surface area contributed by atoms with Gasteiger partial charge in [0.15, 0.2) is 0 Å². The number of hydrogen-bond acceptors (Lipinski definition) is 5. The van der Waals surface area contributed by atoms with E-state index in [1.807, 2.05) is 35.9 Å². The van der Waals surface area contributed by atoms with E-state index in [1.165, 1.54) is 0 Å². The predicted octanol–water partition coefficient (Wildman–Crippen LogP) is 4.71. The van der Waals surface area contributed by atoms with E-state index in [0.29, 0.717) is 22.6 Å². The van der Waals surface area contributed by atoms with Crippen LogP contribution in [0.15, 0.2) is 42.5 Å². The Morgan fingerprint density at radius 2 is 1.89 bits per heavy atom. The van der Waals surface area contributed by atoms with Gasteiger partial charge < -0.3 is 15.8 Å². The van der Waals surface area contributed by atoms with Crippen molar-refractivity contribution in [1.82, 2.24) is 14.8 Å². The van der Waals surface area contributed by atoms with Crippen molar-refractivity contribution >= 4 is 35.1 Å². The Hall–Kier alpha value is -2.44. The van der Waals surface area contributed by atoms with Gasteiger partial charge in [0.05, 0.1) is 28.7 Å². The molecule has 0 spiro atoms. The number of fused-ring (bicyclic) bond motifs is 1. The van der Waals surface area contributed by atoms with Crippen LogP contribution in [0.2, 0.25) is 10.0 Å². The van der Waals surface area contributed by atoms with E-state index in [9.17, 15) is 0 Å². The molecule has 2 aromatic carbocycles. The number of benzene rings is 2. The molecule has 1 aliphatic rings. The lowest BCUT2D eigenvalue weighted by Crippen LogP contribution is -2.28. The Morgan fingerprint density at radius 3 is 2.59 bits per heavy atom. The van der Waals surface area contributed by atoms with Crippen molar-refractivity contribution in [2.24, 2.45) is 0 Å². The van der Waals surface area contributed by atoms with Gasteiger partial charge in [-0.1, -0.05) is 41.4 Å². The third-order valence-corrected chi connectivity index (χ3v) is 5.37. The van der Waals surface area contributed by atoms with E-state index in [0.717, 1.165) is 23.3 Å². The standard InChI is InChI=1S/C19H19Cl2N5O/c1-2-27-13-6-3-11(4-7-13)17-10-16(12-5-8-14(20)15(21)9-12)23-19-24-18(22)25-26(17)19/h3-9,16-17H,2,10H2,1H3,(H3,22,23,24,25)/t16-,17+/m1/s1. The van der Waals surface area contributed by atoms with E-state index in [-0.39, 0.29) is 18.0 Å². The molecule has 140 valence electrons. The van der Waals surface area contributed by atoms with Crippen LogP contribution in [-0.2, 0) is 0 Å². The van der Waals surface area contributed by atoms with E-state index < -0.39 is 0 Å². The molecule has 3 aromatic rings. The summed E-state index contributed by atoms with van der Waals surface area (Å²) in [5.74, 6) is 1.71. The molecule has 1 aromatic heterocycles. The number of halogens is 2. The second-order valence-corrected chi connectivity index (χ2v) is 7.18. The third kappa shape index (κ3) is 3.55. The highest BCUT2D eigenvalue weighted by atomic mass is 35.5. The van der Waals surface area contributed by atoms with Crippen molar-refractivity contribution in [2.45, 2.75) is 25.4 Å². The van der Waals surface area contributed by atoms with Gasteiger partial charge in [-0.25, -0.2) is 4.68 Å². The van der Waals surface area contributed by atoms with Crippen LogP contribution in [0.4, 0.5) is 11.9 Å². The molecule has 1 aliphatic heterocycles.